The van der Waals surface area contributed by atoms with Gasteiger partial charge >= 0.3 is 0 Å². The van der Waals surface area contributed by atoms with E-state index in [1.807, 2.05) is 18.2 Å². The first-order valence-corrected chi connectivity index (χ1v) is 9.57. The van der Waals surface area contributed by atoms with Gasteiger partial charge in [-0.25, -0.2) is 0 Å². The predicted molar refractivity (Wildman–Crippen MR) is 115 cm³/mol. The SMILES string of the molecule is CCN(CC)c1ccc(NC(=O)/C(C#N)=C\c2cc(Br)c(O)c(OC)c2)cc1. The third kappa shape index (κ3) is 5.05. The van der Waals surface area contributed by atoms with Crippen molar-refractivity contribution in [2.45, 2.75) is 13.8 Å². The molecule has 2 aromatic rings. The molecule has 1 amide bonds. The highest BCUT2D eigenvalue weighted by Crippen LogP contribution is 2.35. The van der Waals surface area contributed by atoms with Gasteiger partial charge in [0.05, 0.1) is 11.6 Å². The van der Waals surface area contributed by atoms with Crippen molar-refractivity contribution in [3.8, 4) is 17.6 Å². The van der Waals surface area contributed by atoms with Crippen LogP contribution in [0.15, 0.2) is 46.4 Å². The molecule has 0 bridgehead atoms. The van der Waals surface area contributed by atoms with E-state index in [2.05, 4.69) is 40.0 Å². The normalized spacial score (nSPS) is 10.9. The van der Waals surface area contributed by atoms with Gasteiger partial charge in [-0.3, -0.25) is 4.79 Å². The molecule has 0 spiro atoms. The number of halogens is 1. The van der Waals surface area contributed by atoms with Crippen LogP contribution in [0.25, 0.3) is 6.08 Å². The fraction of sp³-hybridized carbons (Fsp3) is 0.238. The molecule has 6 nitrogen and oxygen atoms in total. The zero-order chi connectivity index (χ0) is 20.7. The van der Waals surface area contributed by atoms with Gasteiger partial charge in [0.2, 0.25) is 0 Å². The number of amides is 1. The van der Waals surface area contributed by atoms with E-state index in [1.54, 1.807) is 24.3 Å². The number of nitrogens with one attached hydrogen (secondary N) is 1. The van der Waals surface area contributed by atoms with Gasteiger partial charge in [0.15, 0.2) is 11.5 Å². The number of nitriles is 1. The average molecular weight is 444 g/mol. The lowest BCUT2D eigenvalue weighted by atomic mass is 10.1. The molecule has 7 heteroatoms. The standard InChI is InChI=1S/C21H22BrN3O3/c1-4-25(5-2)17-8-6-16(7-9-17)24-21(27)15(13-23)10-14-11-18(22)20(26)19(12-14)28-3/h6-12,26H,4-5H2,1-3H3,(H,24,27)/b15-10-. The average Bonchev–Trinajstić information content (AvgIpc) is 2.70. The van der Waals surface area contributed by atoms with Gasteiger partial charge in [-0.15, -0.1) is 0 Å². The summed E-state index contributed by atoms with van der Waals surface area (Å²) in [6, 6.07) is 12.5. The van der Waals surface area contributed by atoms with Crippen molar-refractivity contribution in [2.24, 2.45) is 0 Å². The first-order valence-electron chi connectivity index (χ1n) is 8.78. The molecular formula is C21H22BrN3O3. The van der Waals surface area contributed by atoms with E-state index in [0.29, 0.717) is 15.7 Å². The molecule has 28 heavy (non-hydrogen) atoms. The summed E-state index contributed by atoms with van der Waals surface area (Å²) in [4.78, 5) is 14.7. The maximum absolute atomic E-state index is 12.5. The molecule has 0 radical (unpaired) electrons. The van der Waals surface area contributed by atoms with Crippen molar-refractivity contribution < 1.29 is 14.6 Å². The highest BCUT2D eigenvalue weighted by Gasteiger charge is 2.13. The molecule has 2 N–H and O–H groups in total. The fourth-order valence-corrected chi connectivity index (χ4v) is 3.15. The van der Waals surface area contributed by atoms with E-state index in [4.69, 9.17) is 4.74 Å². The number of ether oxygens (including phenoxy) is 1. The Labute approximate surface area is 173 Å². The third-order valence-electron chi connectivity index (χ3n) is 4.20. The lowest BCUT2D eigenvalue weighted by molar-refractivity contribution is -0.112. The Morgan fingerprint density at radius 1 is 1.29 bits per heavy atom. The van der Waals surface area contributed by atoms with Gasteiger partial charge in [-0.05, 0) is 77.8 Å². The molecule has 0 aliphatic heterocycles. The van der Waals surface area contributed by atoms with E-state index in [1.165, 1.54) is 13.2 Å². The smallest absolute Gasteiger partial charge is 0.266 e. The Kier molecular flexibility index (Phi) is 7.47. The fourth-order valence-electron chi connectivity index (χ4n) is 2.69. The summed E-state index contributed by atoms with van der Waals surface area (Å²) in [6.07, 6.45) is 1.44. The van der Waals surface area contributed by atoms with Crippen LogP contribution >= 0.6 is 15.9 Å². The first kappa shape index (κ1) is 21.3. The Morgan fingerprint density at radius 3 is 2.46 bits per heavy atom. The van der Waals surface area contributed by atoms with E-state index < -0.39 is 5.91 Å². The van der Waals surface area contributed by atoms with Crippen LogP contribution < -0.4 is 15.0 Å². The minimum Gasteiger partial charge on any atom is -0.503 e. The van der Waals surface area contributed by atoms with E-state index in [9.17, 15) is 15.2 Å². The number of hydrogen-bond acceptors (Lipinski definition) is 5. The lowest BCUT2D eigenvalue weighted by Crippen LogP contribution is -2.21. The molecule has 2 aromatic carbocycles. The second-order valence-electron chi connectivity index (χ2n) is 5.90. The monoisotopic (exact) mass is 443 g/mol. The number of hydrogen-bond donors (Lipinski definition) is 2. The number of phenolic OH excluding ortho intramolecular Hbond substituents is 1. The minimum absolute atomic E-state index is 0.0455. The van der Waals surface area contributed by atoms with Crippen LogP contribution in [0.2, 0.25) is 0 Å². The topological polar surface area (TPSA) is 85.6 Å². The van der Waals surface area contributed by atoms with Crippen LogP contribution in [0, 0.1) is 11.3 Å². The molecule has 0 heterocycles. The minimum atomic E-state index is -0.513. The van der Waals surface area contributed by atoms with Crippen molar-refractivity contribution in [3.05, 3.63) is 52.0 Å². The number of carbonyl (C=O) groups is 1. The van der Waals surface area contributed by atoms with Crippen LogP contribution in [-0.2, 0) is 4.79 Å². The molecule has 0 unspecified atom stereocenters. The van der Waals surface area contributed by atoms with Gasteiger partial charge in [0, 0.05) is 24.5 Å². The second kappa shape index (κ2) is 9.81. The zero-order valence-corrected chi connectivity index (χ0v) is 17.6. The largest absolute Gasteiger partial charge is 0.503 e. The molecule has 0 aliphatic rings. The van der Waals surface area contributed by atoms with Crippen molar-refractivity contribution in [1.82, 2.24) is 0 Å². The van der Waals surface area contributed by atoms with Crippen molar-refractivity contribution in [2.75, 3.05) is 30.4 Å². The summed E-state index contributed by atoms with van der Waals surface area (Å²) < 4.78 is 5.50. The van der Waals surface area contributed by atoms with Crippen LogP contribution in [-0.4, -0.2) is 31.2 Å². The van der Waals surface area contributed by atoms with Crippen molar-refractivity contribution in [3.63, 3.8) is 0 Å². The third-order valence-corrected chi connectivity index (χ3v) is 4.81. The Morgan fingerprint density at radius 2 is 1.93 bits per heavy atom. The van der Waals surface area contributed by atoms with Crippen molar-refractivity contribution >= 4 is 39.3 Å². The van der Waals surface area contributed by atoms with E-state index >= 15 is 0 Å². The molecule has 146 valence electrons. The Balaban J connectivity index is 2.21. The quantitative estimate of drug-likeness (QED) is 0.483. The Hall–Kier alpha value is -2.98. The highest BCUT2D eigenvalue weighted by molar-refractivity contribution is 9.10. The van der Waals surface area contributed by atoms with Gasteiger partial charge in [0.25, 0.3) is 5.91 Å². The number of benzene rings is 2. The predicted octanol–water partition coefficient (Wildman–Crippen LogP) is 4.56. The van der Waals surface area contributed by atoms with E-state index in [-0.39, 0.29) is 17.1 Å². The van der Waals surface area contributed by atoms with Gasteiger partial charge in [-0.2, -0.15) is 5.26 Å². The van der Waals surface area contributed by atoms with Crippen molar-refractivity contribution in [1.29, 1.82) is 5.26 Å². The lowest BCUT2D eigenvalue weighted by Gasteiger charge is -2.21. The van der Waals surface area contributed by atoms with Gasteiger partial charge in [0.1, 0.15) is 11.6 Å². The number of methoxy groups -OCH3 is 1. The summed E-state index contributed by atoms with van der Waals surface area (Å²) in [7, 11) is 1.43. The number of anilines is 2. The molecule has 0 aromatic heterocycles. The number of carbonyl (C=O) groups excluding carboxylic acids is 1. The number of nitrogens with zero attached hydrogens (tertiary/aromatic N) is 2. The molecule has 0 saturated carbocycles. The molecule has 0 atom stereocenters. The van der Waals surface area contributed by atoms with Gasteiger partial charge in [-0.1, -0.05) is 0 Å². The first-order chi connectivity index (χ1) is 13.4. The summed E-state index contributed by atoms with van der Waals surface area (Å²) >= 11 is 3.22. The van der Waals surface area contributed by atoms with Gasteiger partial charge < -0.3 is 20.1 Å². The molecule has 2 rings (SSSR count). The second-order valence-corrected chi connectivity index (χ2v) is 6.75. The van der Waals surface area contributed by atoms with Crippen LogP contribution in [0.4, 0.5) is 11.4 Å². The number of aromatic hydroxyl groups is 1. The summed E-state index contributed by atoms with van der Waals surface area (Å²) in [5.41, 5.74) is 2.16. The van der Waals surface area contributed by atoms with Crippen LogP contribution in [0.5, 0.6) is 11.5 Å². The molecule has 0 saturated heterocycles. The maximum Gasteiger partial charge on any atom is 0.266 e. The summed E-state index contributed by atoms with van der Waals surface area (Å²) in [5, 5.41) is 22.0. The van der Waals surface area contributed by atoms with E-state index in [0.717, 1.165) is 18.8 Å². The zero-order valence-electron chi connectivity index (χ0n) is 16.0. The highest BCUT2D eigenvalue weighted by atomic mass is 79.9. The Bertz CT molecular complexity index is 914. The molecule has 0 fully saturated rings. The number of rotatable bonds is 7. The maximum atomic E-state index is 12.5. The van der Waals surface area contributed by atoms with Crippen LogP contribution in [0.3, 0.4) is 0 Å². The van der Waals surface area contributed by atoms with Crippen LogP contribution in [0.1, 0.15) is 19.4 Å². The number of phenols is 1. The molecular weight excluding hydrogens is 422 g/mol. The summed E-state index contributed by atoms with van der Waals surface area (Å²) in [6.45, 7) is 5.96. The summed E-state index contributed by atoms with van der Waals surface area (Å²) in [5.74, 6) is -0.317. The molecule has 0 aliphatic carbocycles.